The SMILES string of the molecule is CC(C)(C)C(=O)n1ccc2ccc(Cl)nc21. The Labute approximate surface area is 99.0 Å². The van der Waals surface area contributed by atoms with Gasteiger partial charge in [-0.05, 0) is 18.2 Å². The van der Waals surface area contributed by atoms with Gasteiger partial charge in [-0.3, -0.25) is 9.36 Å². The van der Waals surface area contributed by atoms with Crippen LogP contribution in [-0.4, -0.2) is 15.5 Å². The molecular weight excluding hydrogens is 224 g/mol. The zero-order valence-electron chi connectivity index (χ0n) is 9.49. The van der Waals surface area contributed by atoms with Crippen molar-refractivity contribution < 1.29 is 4.79 Å². The van der Waals surface area contributed by atoms with Crippen molar-refractivity contribution in [2.75, 3.05) is 0 Å². The van der Waals surface area contributed by atoms with Crippen LogP contribution < -0.4 is 0 Å². The molecule has 0 N–H and O–H groups in total. The lowest BCUT2D eigenvalue weighted by Crippen LogP contribution is -2.26. The Morgan fingerprint density at radius 1 is 1.31 bits per heavy atom. The predicted molar refractivity (Wildman–Crippen MR) is 64.8 cm³/mol. The van der Waals surface area contributed by atoms with Crippen LogP contribution in [0.5, 0.6) is 0 Å². The van der Waals surface area contributed by atoms with Crippen molar-refractivity contribution in [3.8, 4) is 0 Å². The van der Waals surface area contributed by atoms with Crippen molar-refractivity contribution >= 4 is 28.5 Å². The fourth-order valence-corrected chi connectivity index (χ4v) is 1.65. The van der Waals surface area contributed by atoms with E-state index in [-0.39, 0.29) is 5.91 Å². The van der Waals surface area contributed by atoms with E-state index in [9.17, 15) is 4.79 Å². The van der Waals surface area contributed by atoms with Gasteiger partial charge in [0.25, 0.3) is 0 Å². The molecule has 0 bridgehead atoms. The molecule has 0 aliphatic heterocycles. The van der Waals surface area contributed by atoms with Gasteiger partial charge in [-0.25, -0.2) is 4.98 Å². The molecule has 0 saturated carbocycles. The first kappa shape index (κ1) is 11.1. The van der Waals surface area contributed by atoms with Crippen molar-refractivity contribution in [1.82, 2.24) is 9.55 Å². The monoisotopic (exact) mass is 236 g/mol. The molecule has 0 spiro atoms. The van der Waals surface area contributed by atoms with Gasteiger partial charge in [0.1, 0.15) is 10.8 Å². The van der Waals surface area contributed by atoms with Crippen LogP contribution in [0.25, 0.3) is 11.0 Å². The number of aromatic nitrogens is 2. The van der Waals surface area contributed by atoms with Crippen molar-refractivity contribution in [2.24, 2.45) is 5.41 Å². The van der Waals surface area contributed by atoms with E-state index in [1.54, 1.807) is 16.8 Å². The molecule has 2 aromatic rings. The first-order chi connectivity index (χ1) is 7.39. The zero-order valence-corrected chi connectivity index (χ0v) is 10.2. The number of nitrogens with zero attached hydrogens (tertiary/aromatic N) is 2. The molecule has 0 fully saturated rings. The molecule has 0 saturated heterocycles. The molecule has 16 heavy (non-hydrogen) atoms. The zero-order chi connectivity index (χ0) is 11.9. The number of pyridine rings is 1. The molecule has 2 rings (SSSR count). The number of rotatable bonds is 0. The summed E-state index contributed by atoms with van der Waals surface area (Å²) < 4.78 is 1.56. The van der Waals surface area contributed by atoms with Crippen molar-refractivity contribution in [3.63, 3.8) is 0 Å². The Morgan fingerprint density at radius 3 is 2.62 bits per heavy atom. The molecule has 0 aliphatic carbocycles. The second-order valence-electron chi connectivity index (χ2n) is 4.79. The highest BCUT2D eigenvalue weighted by Crippen LogP contribution is 2.22. The minimum absolute atomic E-state index is 0.0114. The van der Waals surface area contributed by atoms with Gasteiger partial charge in [-0.15, -0.1) is 0 Å². The number of hydrogen-bond acceptors (Lipinski definition) is 2. The molecule has 0 atom stereocenters. The average molecular weight is 237 g/mol. The van der Waals surface area contributed by atoms with Crippen molar-refractivity contribution in [1.29, 1.82) is 0 Å². The van der Waals surface area contributed by atoms with Gasteiger partial charge in [0.2, 0.25) is 5.91 Å². The first-order valence-electron chi connectivity index (χ1n) is 5.08. The van der Waals surface area contributed by atoms with Gasteiger partial charge >= 0.3 is 0 Å². The maximum absolute atomic E-state index is 12.1. The molecule has 0 aromatic carbocycles. The summed E-state index contributed by atoms with van der Waals surface area (Å²) >= 11 is 5.83. The maximum Gasteiger partial charge on any atom is 0.237 e. The number of carbonyl (C=O) groups is 1. The molecule has 3 nitrogen and oxygen atoms in total. The van der Waals surface area contributed by atoms with Crippen LogP contribution in [0.3, 0.4) is 0 Å². The molecule has 0 amide bonds. The van der Waals surface area contributed by atoms with E-state index in [0.29, 0.717) is 10.8 Å². The van der Waals surface area contributed by atoms with Gasteiger partial charge in [0.15, 0.2) is 0 Å². The summed E-state index contributed by atoms with van der Waals surface area (Å²) in [5, 5.41) is 1.32. The molecule has 0 aliphatic rings. The van der Waals surface area contributed by atoms with Crippen LogP contribution in [0.4, 0.5) is 0 Å². The van der Waals surface area contributed by atoms with Crippen LogP contribution >= 0.6 is 11.6 Å². The maximum atomic E-state index is 12.1. The van der Waals surface area contributed by atoms with Crippen LogP contribution in [0.15, 0.2) is 24.4 Å². The van der Waals surface area contributed by atoms with Crippen LogP contribution in [0.2, 0.25) is 5.15 Å². The highest BCUT2D eigenvalue weighted by Gasteiger charge is 2.24. The highest BCUT2D eigenvalue weighted by atomic mass is 35.5. The number of hydrogen-bond donors (Lipinski definition) is 0. The van der Waals surface area contributed by atoms with Gasteiger partial charge in [-0.2, -0.15) is 0 Å². The van der Waals surface area contributed by atoms with E-state index in [1.165, 1.54) is 0 Å². The molecule has 84 valence electrons. The first-order valence-corrected chi connectivity index (χ1v) is 5.46. The average Bonchev–Trinajstić information content (AvgIpc) is 2.57. The van der Waals surface area contributed by atoms with Crippen LogP contribution in [0.1, 0.15) is 25.6 Å². The van der Waals surface area contributed by atoms with E-state index in [2.05, 4.69) is 4.98 Å². The largest absolute Gasteiger partial charge is 0.273 e. The molecular formula is C12H13ClN2O. The summed E-state index contributed by atoms with van der Waals surface area (Å²) in [7, 11) is 0. The quantitative estimate of drug-likeness (QED) is 0.658. The Bertz CT molecular complexity index is 552. The summed E-state index contributed by atoms with van der Waals surface area (Å²) in [4.78, 5) is 16.3. The van der Waals surface area contributed by atoms with E-state index in [1.807, 2.05) is 32.9 Å². The molecule has 4 heteroatoms. The number of fused-ring (bicyclic) bond motifs is 1. The third-order valence-corrected chi connectivity index (χ3v) is 2.57. The van der Waals surface area contributed by atoms with E-state index in [4.69, 9.17) is 11.6 Å². The van der Waals surface area contributed by atoms with Gasteiger partial charge < -0.3 is 0 Å². The lowest BCUT2D eigenvalue weighted by Gasteiger charge is -2.17. The third-order valence-electron chi connectivity index (χ3n) is 2.36. The van der Waals surface area contributed by atoms with Crippen molar-refractivity contribution in [3.05, 3.63) is 29.5 Å². The molecule has 0 unspecified atom stereocenters. The highest BCUT2D eigenvalue weighted by molar-refractivity contribution is 6.29. The second-order valence-corrected chi connectivity index (χ2v) is 5.17. The summed E-state index contributed by atoms with van der Waals surface area (Å²) in [5.74, 6) is 0.0114. The van der Waals surface area contributed by atoms with Crippen LogP contribution in [0, 0.1) is 5.41 Å². The smallest absolute Gasteiger partial charge is 0.237 e. The fourth-order valence-electron chi connectivity index (χ4n) is 1.51. The van der Waals surface area contributed by atoms with E-state index in [0.717, 1.165) is 5.39 Å². The summed E-state index contributed by atoms with van der Waals surface area (Å²) in [6.07, 6.45) is 1.74. The molecule has 2 heterocycles. The second kappa shape index (κ2) is 3.59. The number of carbonyl (C=O) groups excluding carboxylic acids is 1. The lowest BCUT2D eigenvalue weighted by molar-refractivity contribution is 0.0772. The Morgan fingerprint density at radius 2 is 2.00 bits per heavy atom. The Kier molecular flexibility index (Phi) is 2.50. The summed E-state index contributed by atoms with van der Waals surface area (Å²) in [5.41, 5.74) is 0.183. The van der Waals surface area contributed by atoms with Gasteiger partial charge in [0, 0.05) is 17.0 Å². The minimum atomic E-state index is -0.435. The third kappa shape index (κ3) is 1.83. The van der Waals surface area contributed by atoms with Crippen molar-refractivity contribution in [2.45, 2.75) is 20.8 Å². The summed E-state index contributed by atoms with van der Waals surface area (Å²) in [6.45, 7) is 5.64. The fraction of sp³-hybridized carbons (Fsp3) is 0.333. The Balaban J connectivity index is 2.62. The molecule has 0 radical (unpaired) electrons. The minimum Gasteiger partial charge on any atom is -0.273 e. The normalized spacial score (nSPS) is 12.0. The van der Waals surface area contributed by atoms with Gasteiger partial charge in [-0.1, -0.05) is 32.4 Å². The van der Waals surface area contributed by atoms with E-state index >= 15 is 0 Å². The summed E-state index contributed by atoms with van der Waals surface area (Å²) in [6, 6.07) is 5.44. The molecule has 2 aromatic heterocycles. The topological polar surface area (TPSA) is 34.9 Å². The van der Waals surface area contributed by atoms with Crippen LogP contribution in [-0.2, 0) is 0 Å². The predicted octanol–water partition coefficient (Wildman–Crippen LogP) is 3.38. The van der Waals surface area contributed by atoms with Gasteiger partial charge in [0.05, 0.1) is 0 Å². The lowest BCUT2D eigenvalue weighted by atomic mass is 9.96. The van der Waals surface area contributed by atoms with E-state index < -0.39 is 5.41 Å². The number of halogens is 1. The Hall–Kier alpha value is -1.35. The standard InChI is InChI=1S/C12H13ClN2O/c1-12(2,3)11(16)15-7-6-8-4-5-9(13)14-10(8)15/h4-7H,1-3H3.